The van der Waals surface area contributed by atoms with Gasteiger partial charge in [-0.15, -0.1) is 0 Å². The quantitative estimate of drug-likeness (QED) is 0.890. The summed E-state index contributed by atoms with van der Waals surface area (Å²) in [6.07, 6.45) is 4.00. The largest absolute Gasteiger partial charge is 0.370 e. The van der Waals surface area contributed by atoms with Gasteiger partial charge in [0.1, 0.15) is 0 Å². The Balaban J connectivity index is 1.68. The zero-order valence-electron chi connectivity index (χ0n) is 12.6. The molecule has 110 valence electrons. The first kappa shape index (κ1) is 13.9. The summed E-state index contributed by atoms with van der Waals surface area (Å²) in [5.74, 6) is 0. The van der Waals surface area contributed by atoms with Crippen LogP contribution < -0.4 is 10.2 Å². The Bertz CT molecular complexity index is 426. The van der Waals surface area contributed by atoms with Crippen LogP contribution in [0.25, 0.3) is 0 Å². The number of anilines is 1. The van der Waals surface area contributed by atoms with E-state index in [0.717, 1.165) is 6.54 Å². The molecule has 2 heterocycles. The fourth-order valence-electron chi connectivity index (χ4n) is 3.59. The molecule has 20 heavy (non-hydrogen) atoms. The van der Waals surface area contributed by atoms with Crippen LogP contribution in [0.3, 0.4) is 0 Å². The summed E-state index contributed by atoms with van der Waals surface area (Å²) in [4.78, 5) is 5.19. The first-order chi connectivity index (χ1) is 9.88. The first-order valence-corrected chi connectivity index (χ1v) is 8.18. The van der Waals surface area contributed by atoms with Gasteiger partial charge in [-0.1, -0.05) is 25.1 Å². The molecule has 1 aromatic rings. The van der Waals surface area contributed by atoms with E-state index in [0.29, 0.717) is 6.04 Å². The van der Waals surface area contributed by atoms with Crippen LogP contribution in [0.15, 0.2) is 24.3 Å². The number of nitrogens with zero attached hydrogens (tertiary/aromatic N) is 2. The van der Waals surface area contributed by atoms with Crippen LogP contribution in [0.5, 0.6) is 0 Å². The summed E-state index contributed by atoms with van der Waals surface area (Å²) < 4.78 is 0. The Kier molecular flexibility index (Phi) is 4.58. The molecule has 1 saturated heterocycles. The summed E-state index contributed by atoms with van der Waals surface area (Å²) in [5.41, 5.74) is 2.94. The lowest BCUT2D eigenvalue weighted by Crippen LogP contribution is -2.40. The van der Waals surface area contributed by atoms with Crippen LogP contribution in [-0.2, 0) is 0 Å². The van der Waals surface area contributed by atoms with Crippen molar-refractivity contribution in [1.82, 2.24) is 10.2 Å². The van der Waals surface area contributed by atoms with Gasteiger partial charge in [-0.3, -0.25) is 0 Å². The van der Waals surface area contributed by atoms with Crippen molar-refractivity contribution < 1.29 is 0 Å². The van der Waals surface area contributed by atoms with Crippen molar-refractivity contribution in [2.24, 2.45) is 0 Å². The Hall–Kier alpha value is -1.06. The van der Waals surface area contributed by atoms with Gasteiger partial charge in [0.2, 0.25) is 0 Å². The maximum atomic E-state index is 3.62. The van der Waals surface area contributed by atoms with E-state index in [2.05, 4.69) is 46.3 Å². The number of rotatable bonds is 5. The number of para-hydroxylation sites is 1. The molecule has 0 amide bonds. The van der Waals surface area contributed by atoms with E-state index >= 15 is 0 Å². The Labute approximate surface area is 123 Å². The summed E-state index contributed by atoms with van der Waals surface area (Å²) >= 11 is 0. The van der Waals surface area contributed by atoms with Crippen molar-refractivity contribution in [3.8, 4) is 0 Å². The third-order valence-electron chi connectivity index (χ3n) is 4.68. The van der Waals surface area contributed by atoms with Crippen LogP contribution in [0.4, 0.5) is 5.69 Å². The molecule has 1 N–H and O–H groups in total. The minimum atomic E-state index is 0.541. The number of benzene rings is 1. The van der Waals surface area contributed by atoms with Crippen molar-refractivity contribution in [2.75, 3.05) is 44.2 Å². The van der Waals surface area contributed by atoms with E-state index in [4.69, 9.17) is 0 Å². The monoisotopic (exact) mass is 273 g/mol. The van der Waals surface area contributed by atoms with E-state index in [1.54, 1.807) is 0 Å². The molecule has 1 unspecified atom stereocenters. The minimum Gasteiger partial charge on any atom is -0.370 e. The summed E-state index contributed by atoms with van der Waals surface area (Å²) in [6, 6.07) is 9.48. The molecule has 3 rings (SSSR count). The van der Waals surface area contributed by atoms with Crippen LogP contribution in [0.1, 0.15) is 37.8 Å². The van der Waals surface area contributed by atoms with Crippen molar-refractivity contribution in [3.63, 3.8) is 0 Å². The zero-order valence-corrected chi connectivity index (χ0v) is 12.6. The lowest BCUT2D eigenvalue weighted by Gasteiger charge is -2.37. The number of hydrogen-bond donors (Lipinski definition) is 1. The van der Waals surface area contributed by atoms with Crippen LogP contribution >= 0.6 is 0 Å². The molecule has 1 fully saturated rings. The lowest BCUT2D eigenvalue weighted by molar-refractivity contribution is 0.341. The van der Waals surface area contributed by atoms with Gasteiger partial charge in [0, 0.05) is 31.4 Å². The highest BCUT2D eigenvalue weighted by Crippen LogP contribution is 2.33. The second-order valence-electron chi connectivity index (χ2n) is 5.99. The Morgan fingerprint density at radius 3 is 2.70 bits per heavy atom. The second kappa shape index (κ2) is 6.59. The van der Waals surface area contributed by atoms with Gasteiger partial charge in [-0.25, -0.2) is 0 Å². The maximum Gasteiger partial charge on any atom is 0.0415 e. The minimum absolute atomic E-state index is 0.541. The molecule has 2 aliphatic rings. The van der Waals surface area contributed by atoms with Gasteiger partial charge in [0.05, 0.1) is 0 Å². The van der Waals surface area contributed by atoms with E-state index in [1.165, 1.54) is 63.2 Å². The van der Waals surface area contributed by atoms with Gasteiger partial charge in [0.15, 0.2) is 0 Å². The Morgan fingerprint density at radius 1 is 1.10 bits per heavy atom. The average molecular weight is 273 g/mol. The number of nitrogens with one attached hydrogen (secondary N) is 1. The molecule has 0 saturated carbocycles. The number of fused-ring (bicyclic) bond motifs is 1. The highest BCUT2D eigenvalue weighted by atomic mass is 15.2. The molecule has 1 aromatic carbocycles. The SMILES string of the molecule is CCNC1CCN(CCN2CCCC2)c2ccccc21. The summed E-state index contributed by atoms with van der Waals surface area (Å²) in [5, 5.41) is 3.62. The molecule has 0 spiro atoms. The predicted molar refractivity (Wildman–Crippen MR) is 85.4 cm³/mol. The standard InChI is InChI=1S/C17H27N3/c1-2-18-16-9-12-20(14-13-19-10-5-6-11-19)17-8-4-3-7-15(16)17/h3-4,7-8,16,18H,2,5-6,9-14H2,1H3. The zero-order chi connectivity index (χ0) is 13.8. The third-order valence-corrected chi connectivity index (χ3v) is 4.68. The van der Waals surface area contributed by atoms with E-state index in [-0.39, 0.29) is 0 Å². The van der Waals surface area contributed by atoms with Gasteiger partial charge in [-0.05, 0) is 50.5 Å². The molecule has 3 nitrogen and oxygen atoms in total. The van der Waals surface area contributed by atoms with Crippen LogP contribution in [-0.4, -0.2) is 44.2 Å². The molecule has 0 radical (unpaired) electrons. The maximum absolute atomic E-state index is 3.62. The molecule has 3 heteroatoms. The van der Waals surface area contributed by atoms with Crippen molar-refractivity contribution in [3.05, 3.63) is 29.8 Å². The second-order valence-corrected chi connectivity index (χ2v) is 5.99. The molecule has 0 bridgehead atoms. The molecule has 2 aliphatic heterocycles. The fraction of sp³-hybridized carbons (Fsp3) is 0.647. The van der Waals surface area contributed by atoms with Crippen molar-refractivity contribution in [2.45, 2.75) is 32.2 Å². The van der Waals surface area contributed by atoms with Crippen LogP contribution in [0.2, 0.25) is 0 Å². The molecule has 0 aliphatic carbocycles. The number of hydrogen-bond acceptors (Lipinski definition) is 3. The molecular formula is C17H27N3. The number of likely N-dealkylation sites (tertiary alicyclic amines) is 1. The topological polar surface area (TPSA) is 18.5 Å². The van der Waals surface area contributed by atoms with Crippen molar-refractivity contribution >= 4 is 5.69 Å². The lowest BCUT2D eigenvalue weighted by atomic mass is 9.96. The highest BCUT2D eigenvalue weighted by molar-refractivity contribution is 5.57. The Morgan fingerprint density at radius 2 is 1.90 bits per heavy atom. The van der Waals surface area contributed by atoms with Crippen molar-refractivity contribution in [1.29, 1.82) is 0 Å². The molecular weight excluding hydrogens is 246 g/mol. The van der Waals surface area contributed by atoms with Gasteiger partial charge < -0.3 is 15.1 Å². The summed E-state index contributed by atoms with van der Waals surface area (Å²) in [7, 11) is 0. The van der Waals surface area contributed by atoms with E-state index in [1.807, 2.05) is 0 Å². The predicted octanol–water partition coefficient (Wildman–Crippen LogP) is 2.64. The average Bonchev–Trinajstić information content (AvgIpc) is 3.00. The van der Waals surface area contributed by atoms with Gasteiger partial charge in [0.25, 0.3) is 0 Å². The molecule has 1 atom stereocenters. The van der Waals surface area contributed by atoms with Crippen LogP contribution in [0, 0.1) is 0 Å². The fourth-order valence-corrected chi connectivity index (χ4v) is 3.59. The third kappa shape index (κ3) is 2.99. The van der Waals surface area contributed by atoms with E-state index < -0.39 is 0 Å². The first-order valence-electron chi connectivity index (χ1n) is 8.18. The smallest absolute Gasteiger partial charge is 0.0415 e. The van der Waals surface area contributed by atoms with Gasteiger partial charge in [-0.2, -0.15) is 0 Å². The van der Waals surface area contributed by atoms with Gasteiger partial charge >= 0.3 is 0 Å². The van der Waals surface area contributed by atoms with E-state index in [9.17, 15) is 0 Å². The molecule has 0 aromatic heterocycles. The normalized spacial score (nSPS) is 23.1. The highest BCUT2D eigenvalue weighted by Gasteiger charge is 2.24. The summed E-state index contributed by atoms with van der Waals surface area (Å²) in [6.45, 7) is 9.43.